The Hall–Kier alpha value is -1.24. The van der Waals surface area contributed by atoms with E-state index in [1.165, 1.54) is 6.42 Å². The van der Waals surface area contributed by atoms with Crippen molar-refractivity contribution in [2.24, 2.45) is 5.73 Å². The van der Waals surface area contributed by atoms with Crippen molar-refractivity contribution in [2.45, 2.75) is 37.5 Å². The molecule has 7 heteroatoms. The molecule has 1 saturated heterocycles. The van der Waals surface area contributed by atoms with Crippen LogP contribution in [0.5, 0.6) is 0 Å². The van der Waals surface area contributed by atoms with Gasteiger partial charge in [-0.15, -0.1) is 24.2 Å². The molecule has 1 fully saturated rings. The van der Waals surface area contributed by atoms with Gasteiger partial charge in [0.2, 0.25) is 5.91 Å². The van der Waals surface area contributed by atoms with Crippen molar-refractivity contribution in [2.75, 3.05) is 18.8 Å². The summed E-state index contributed by atoms with van der Waals surface area (Å²) in [7, 11) is 0. The molecule has 1 aliphatic rings. The molecule has 0 bridgehead atoms. The molecule has 1 amide bonds. The summed E-state index contributed by atoms with van der Waals surface area (Å²) in [6.07, 6.45) is 3.30. The average molecular weight is 369 g/mol. The van der Waals surface area contributed by atoms with E-state index in [-0.39, 0.29) is 29.6 Å². The lowest BCUT2D eigenvalue weighted by Crippen LogP contribution is -2.48. The van der Waals surface area contributed by atoms with Crippen molar-refractivity contribution in [1.29, 1.82) is 0 Å². The first-order valence-corrected chi connectivity index (χ1v) is 9.29. The van der Waals surface area contributed by atoms with Crippen LogP contribution in [0.2, 0.25) is 0 Å². The summed E-state index contributed by atoms with van der Waals surface area (Å²) >= 11 is 1.63. The fourth-order valence-electron chi connectivity index (χ4n) is 3.10. The van der Waals surface area contributed by atoms with Gasteiger partial charge in [0.1, 0.15) is 5.82 Å². The van der Waals surface area contributed by atoms with Crippen molar-refractivity contribution >= 4 is 41.1 Å². The number of rotatable bonds is 5. The zero-order valence-corrected chi connectivity index (χ0v) is 15.5. The number of aromatic nitrogens is 2. The molecular weight excluding hydrogens is 344 g/mol. The number of hydrogen-bond donors (Lipinski definition) is 2. The normalized spacial score (nSPS) is 19.1. The maximum atomic E-state index is 12.5. The van der Waals surface area contributed by atoms with Gasteiger partial charge >= 0.3 is 0 Å². The van der Waals surface area contributed by atoms with Gasteiger partial charge in [0, 0.05) is 19.1 Å². The van der Waals surface area contributed by atoms with Gasteiger partial charge in [-0.25, -0.2) is 4.98 Å². The first-order chi connectivity index (χ1) is 11.2. The molecule has 2 heterocycles. The number of likely N-dealkylation sites (tertiary alicyclic amines) is 1. The Bertz CT molecular complexity index is 644. The van der Waals surface area contributed by atoms with E-state index in [0.717, 1.165) is 36.2 Å². The molecule has 2 unspecified atom stereocenters. The molecular formula is C17H25ClN4OS. The number of hydrogen-bond acceptors (Lipinski definition) is 4. The third-order valence-electron chi connectivity index (χ3n) is 4.47. The maximum absolute atomic E-state index is 12.5. The van der Waals surface area contributed by atoms with E-state index in [2.05, 4.69) is 16.9 Å². The number of carbonyl (C=O) groups excluding carboxylic acids is 1. The van der Waals surface area contributed by atoms with Gasteiger partial charge in [0.25, 0.3) is 0 Å². The van der Waals surface area contributed by atoms with Crippen molar-refractivity contribution in [3.8, 4) is 0 Å². The van der Waals surface area contributed by atoms with Crippen molar-refractivity contribution in [3.05, 3.63) is 30.1 Å². The monoisotopic (exact) mass is 368 g/mol. The number of carbonyl (C=O) groups is 1. The van der Waals surface area contributed by atoms with E-state index in [1.54, 1.807) is 11.8 Å². The van der Waals surface area contributed by atoms with Crippen LogP contribution in [-0.4, -0.2) is 45.7 Å². The lowest BCUT2D eigenvalue weighted by atomic mass is 10.0. The highest BCUT2D eigenvalue weighted by atomic mass is 35.5. The number of H-pyrrole nitrogens is 1. The summed E-state index contributed by atoms with van der Waals surface area (Å²) in [6, 6.07) is 8.22. The van der Waals surface area contributed by atoms with E-state index in [9.17, 15) is 4.79 Å². The van der Waals surface area contributed by atoms with Crippen LogP contribution in [-0.2, 0) is 4.79 Å². The molecule has 2 atom stereocenters. The van der Waals surface area contributed by atoms with E-state index in [4.69, 9.17) is 5.73 Å². The Morgan fingerprint density at radius 2 is 2.25 bits per heavy atom. The maximum Gasteiger partial charge on any atom is 0.232 e. The molecule has 1 aromatic heterocycles. The number of benzene rings is 1. The minimum atomic E-state index is 0. The van der Waals surface area contributed by atoms with Crippen LogP contribution in [0.25, 0.3) is 11.0 Å². The Labute approximate surface area is 153 Å². The van der Waals surface area contributed by atoms with Crippen molar-refractivity contribution in [3.63, 3.8) is 0 Å². The number of piperidine rings is 1. The zero-order valence-electron chi connectivity index (χ0n) is 13.9. The van der Waals surface area contributed by atoms with Crippen LogP contribution in [0, 0.1) is 0 Å². The summed E-state index contributed by atoms with van der Waals surface area (Å²) in [4.78, 5) is 22.4. The minimum Gasteiger partial charge on any atom is -0.341 e. The second-order valence-corrected chi connectivity index (χ2v) is 7.39. The highest BCUT2D eigenvalue weighted by Crippen LogP contribution is 2.28. The summed E-state index contributed by atoms with van der Waals surface area (Å²) in [5, 5.41) is 0.160. The van der Waals surface area contributed by atoms with Crippen molar-refractivity contribution < 1.29 is 4.79 Å². The van der Waals surface area contributed by atoms with Gasteiger partial charge in [-0.1, -0.05) is 12.1 Å². The molecule has 0 aliphatic carbocycles. The lowest BCUT2D eigenvalue weighted by Gasteiger charge is -2.35. The van der Waals surface area contributed by atoms with Gasteiger partial charge in [-0.2, -0.15) is 0 Å². The number of nitrogens with two attached hydrogens (primary N) is 1. The van der Waals surface area contributed by atoms with Crippen LogP contribution in [0.1, 0.15) is 37.3 Å². The number of imidazole rings is 1. The van der Waals surface area contributed by atoms with E-state index < -0.39 is 0 Å². The van der Waals surface area contributed by atoms with Gasteiger partial charge in [-0.05, 0) is 38.3 Å². The third kappa shape index (κ3) is 4.23. The second-order valence-electron chi connectivity index (χ2n) is 6.06. The van der Waals surface area contributed by atoms with Gasteiger partial charge < -0.3 is 15.6 Å². The predicted molar refractivity (Wildman–Crippen MR) is 103 cm³/mol. The van der Waals surface area contributed by atoms with Crippen LogP contribution in [0.3, 0.4) is 0 Å². The number of fused-ring (bicyclic) bond motifs is 1. The molecule has 2 aromatic rings. The lowest BCUT2D eigenvalue weighted by molar-refractivity contribution is -0.131. The number of para-hydroxylation sites is 2. The number of aromatic amines is 1. The smallest absolute Gasteiger partial charge is 0.232 e. The molecule has 1 aromatic carbocycles. The van der Waals surface area contributed by atoms with Gasteiger partial charge in [-0.3, -0.25) is 4.79 Å². The second kappa shape index (κ2) is 8.74. The fraction of sp³-hybridized carbons (Fsp3) is 0.529. The average Bonchev–Trinajstić information content (AvgIpc) is 3.03. The molecule has 0 radical (unpaired) electrons. The first kappa shape index (κ1) is 19.1. The molecule has 3 rings (SSSR count). The van der Waals surface area contributed by atoms with Gasteiger partial charge in [0.05, 0.1) is 22.0 Å². The van der Waals surface area contributed by atoms with Crippen LogP contribution in [0.4, 0.5) is 0 Å². The number of nitrogens with zero attached hydrogens (tertiary/aromatic N) is 2. The molecule has 1 aliphatic heterocycles. The highest BCUT2D eigenvalue weighted by molar-refractivity contribution is 8.00. The molecule has 24 heavy (non-hydrogen) atoms. The number of amides is 1. The third-order valence-corrected chi connectivity index (χ3v) is 5.61. The quantitative estimate of drug-likeness (QED) is 0.850. The first-order valence-electron chi connectivity index (χ1n) is 8.25. The standard InChI is InChI=1S/C17H24N4OS.ClH/c1-12(17-19-14-7-2-3-8-15(14)20-17)23-11-16(22)21-9-5-4-6-13(21)10-18;/h2-3,7-8,12-13H,4-6,9-11,18H2,1H3,(H,19,20);1H. The SMILES string of the molecule is CC(SCC(=O)N1CCCCC1CN)c1nc2ccccc2[nH]1.Cl. The summed E-state index contributed by atoms with van der Waals surface area (Å²) < 4.78 is 0. The Morgan fingerprint density at radius 3 is 3.00 bits per heavy atom. The topological polar surface area (TPSA) is 75.0 Å². The molecule has 5 nitrogen and oxygen atoms in total. The number of thioether (sulfide) groups is 1. The minimum absolute atomic E-state index is 0. The van der Waals surface area contributed by atoms with E-state index >= 15 is 0 Å². The van der Waals surface area contributed by atoms with E-state index in [0.29, 0.717) is 12.3 Å². The number of nitrogens with one attached hydrogen (secondary N) is 1. The predicted octanol–water partition coefficient (Wildman–Crippen LogP) is 3.12. The summed E-state index contributed by atoms with van der Waals surface area (Å²) in [5.41, 5.74) is 7.82. The molecule has 0 spiro atoms. The summed E-state index contributed by atoms with van der Waals surface area (Å²) in [6.45, 7) is 3.50. The Morgan fingerprint density at radius 1 is 1.46 bits per heavy atom. The Kier molecular flexibility index (Phi) is 6.95. The molecule has 3 N–H and O–H groups in total. The molecule has 0 saturated carbocycles. The van der Waals surface area contributed by atoms with Crippen LogP contribution in [0.15, 0.2) is 24.3 Å². The Balaban J connectivity index is 0.00000208. The summed E-state index contributed by atoms with van der Waals surface area (Å²) in [5.74, 6) is 1.61. The van der Waals surface area contributed by atoms with E-state index in [1.807, 2.05) is 29.2 Å². The highest BCUT2D eigenvalue weighted by Gasteiger charge is 2.26. The molecule has 132 valence electrons. The zero-order chi connectivity index (χ0) is 16.2. The fourth-order valence-corrected chi connectivity index (χ4v) is 3.93. The van der Waals surface area contributed by atoms with Crippen LogP contribution >= 0.6 is 24.2 Å². The number of halogens is 1. The van der Waals surface area contributed by atoms with Crippen molar-refractivity contribution in [1.82, 2.24) is 14.9 Å². The largest absolute Gasteiger partial charge is 0.341 e. The van der Waals surface area contributed by atoms with Crippen LogP contribution < -0.4 is 5.73 Å². The van der Waals surface area contributed by atoms with Gasteiger partial charge in [0.15, 0.2) is 0 Å².